The van der Waals surface area contributed by atoms with Crippen LogP contribution in [0.4, 0.5) is 0 Å². The highest BCUT2D eigenvalue weighted by atomic mass is 79.9. The molecule has 0 bridgehead atoms. The third-order valence-electron chi connectivity index (χ3n) is 4.19. The quantitative estimate of drug-likeness (QED) is 0.429. The van der Waals surface area contributed by atoms with E-state index in [4.69, 9.17) is 0 Å². The van der Waals surface area contributed by atoms with Gasteiger partial charge >= 0.3 is 10.2 Å². The number of aromatic nitrogens is 3. The zero-order valence-corrected chi connectivity index (χ0v) is 19.7. The van der Waals surface area contributed by atoms with Gasteiger partial charge in [-0.05, 0) is 47.0 Å². The van der Waals surface area contributed by atoms with Crippen molar-refractivity contribution in [3.63, 3.8) is 0 Å². The van der Waals surface area contributed by atoms with Gasteiger partial charge in [-0.15, -0.1) is 0 Å². The predicted octanol–water partition coefficient (Wildman–Crippen LogP) is 3.14. The van der Waals surface area contributed by atoms with Crippen LogP contribution in [0.25, 0.3) is 0 Å². The van der Waals surface area contributed by atoms with E-state index in [1.165, 1.54) is 29.8 Å². The molecule has 3 aromatic rings. The fourth-order valence-electron chi connectivity index (χ4n) is 2.66. The number of amides is 1. The molecule has 11 heteroatoms. The van der Waals surface area contributed by atoms with Gasteiger partial charge in [0.2, 0.25) is 0 Å². The number of hydrogen-bond donors (Lipinski definition) is 2. The van der Waals surface area contributed by atoms with Crippen LogP contribution in [0.5, 0.6) is 0 Å². The van der Waals surface area contributed by atoms with Crippen LogP contribution in [0.1, 0.15) is 22.6 Å². The molecule has 0 saturated heterocycles. The minimum Gasteiger partial charge on any atom is -0.356 e. The molecule has 3 rings (SSSR count). The van der Waals surface area contributed by atoms with Crippen molar-refractivity contribution in [3.8, 4) is 0 Å². The maximum atomic E-state index is 12.9. The van der Waals surface area contributed by atoms with E-state index in [0.29, 0.717) is 35.9 Å². The SMILES string of the molecule is CN(C)S(=O)(=O)n1c(CCCNC(=O)c2cc(Br)c[nH]2)cnc1Sc1ccccc1. The number of carbonyl (C=O) groups excluding carboxylic acids is 1. The van der Waals surface area contributed by atoms with E-state index >= 15 is 0 Å². The van der Waals surface area contributed by atoms with Gasteiger partial charge in [0, 0.05) is 36.2 Å². The fraction of sp³-hybridized carbons (Fsp3) is 0.263. The van der Waals surface area contributed by atoms with E-state index < -0.39 is 10.2 Å². The lowest BCUT2D eigenvalue weighted by Crippen LogP contribution is -2.31. The zero-order valence-electron chi connectivity index (χ0n) is 16.5. The van der Waals surface area contributed by atoms with Gasteiger partial charge in [-0.25, -0.2) is 8.96 Å². The zero-order chi connectivity index (χ0) is 21.7. The summed E-state index contributed by atoms with van der Waals surface area (Å²) in [7, 11) is -0.758. The molecule has 2 aromatic heterocycles. The average Bonchev–Trinajstić information content (AvgIpc) is 3.32. The Kier molecular flexibility index (Phi) is 7.40. The van der Waals surface area contributed by atoms with Gasteiger partial charge in [-0.1, -0.05) is 30.0 Å². The summed E-state index contributed by atoms with van der Waals surface area (Å²) in [6, 6.07) is 11.2. The molecular formula is C19H22BrN5O3S2. The molecule has 30 heavy (non-hydrogen) atoms. The first-order chi connectivity index (χ1) is 14.3. The van der Waals surface area contributed by atoms with E-state index in [1.54, 1.807) is 18.5 Å². The molecule has 1 amide bonds. The second-order valence-corrected chi connectivity index (χ2v) is 10.5. The Morgan fingerprint density at radius 1 is 1.30 bits per heavy atom. The van der Waals surface area contributed by atoms with Gasteiger partial charge < -0.3 is 10.3 Å². The lowest BCUT2D eigenvalue weighted by atomic mass is 10.2. The Bertz CT molecular complexity index is 1110. The standard InChI is InChI=1S/C19H22BrN5O3S2/c1-24(2)30(27,28)25-15(13-23-19(25)29-16-8-4-3-5-9-16)7-6-10-21-18(26)17-11-14(20)12-22-17/h3-5,8-9,11-13,22H,6-7,10H2,1-2H3,(H,21,26). The number of benzene rings is 1. The summed E-state index contributed by atoms with van der Waals surface area (Å²) < 4.78 is 29.1. The molecule has 0 atom stereocenters. The molecule has 2 heterocycles. The highest BCUT2D eigenvalue weighted by molar-refractivity contribution is 9.10. The second-order valence-electron chi connectivity index (χ2n) is 6.59. The van der Waals surface area contributed by atoms with Crippen molar-refractivity contribution in [2.75, 3.05) is 20.6 Å². The van der Waals surface area contributed by atoms with E-state index in [0.717, 1.165) is 13.7 Å². The van der Waals surface area contributed by atoms with E-state index in [2.05, 4.69) is 31.2 Å². The number of aryl methyl sites for hydroxylation is 1. The van der Waals surface area contributed by atoms with Crippen LogP contribution < -0.4 is 5.32 Å². The maximum Gasteiger partial charge on any atom is 0.309 e. The number of carbonyl (C=O) groups is 1. The Morgan fingerprint density at radius 2 is 2.03 bits per heavy atom. The van der Waals surface area contributed by atoms with Crippen LogP contribution in [0.3, 0.4) is 0 Å². The minimum absolute atomic E-state index is 0.213. The van der Waals surface area contributed by atoms with E-state index in [1.807, 2.05) is 30.3 Å². The first-order valence-electron chi connectivity index (χ1n) is 9.13. The molecule has 0 unspecified atom stereocenters. The Labute approximate surface area is 188 Å². The number of nitrogens with one attached hydrogen (secondary N) is 2. The molecular weight excluding hydrogens is 490 g/mol. The van der Waals surface area contributed by atoms with Crippen molar-refractivity contribution in [2.24, 2.45) is 0 Å². The number of hydrogen-bond acceptors (Lipinski definition) is 5. The Balaban J connectivity index is 1.71. The maximum absolute atomic E-state index is 12.9. The predicted molar refractivity (Wildman–Crippen MR) is 120 cm³/mol. The van der Waals surface area contributed by atoms with Crippen LogP contribution in [0.2, 0.25) is 0 Å². The summed E-state index contributed by atoms with van der Waals surface area (Å²) in [5.41, 5.74) is 1.03. The van der Waals surface area contributed by atoms with Crippen molar-refractivity contribution in [3.05, 3.63) is 64.7 Å². The third-order valence-corrected chi connectivity index (χ3v) is 7.53. The van der Waals surface area contributed by atoms with Crippen LogP contribution in [-0.4, -0.2) is 53.2 Å². The Morgan fingerprint density at radius 3 is 2.67 bits per heavy atom. The lowest BCUT2D eigenvalue weighted by Gasteiger charge is -2.17. The summed E-state index contributed by atoms with van der Waals surface area (Å²) in [5.74, 6) is -0.213. The van der Waals surface area contributed by atoms with Crippen LogP contribution in [0, 0.1) is 0 Å². The van der Waals surface area contributed by atoms with Crippen molar-refractivity contribution >= 4 is 43.8 Å². The van der Waals surface area contributed by atoms with E-state index in [9.17, 15) is 13.2 Å². The summed E-state index contributed by atoms with van der Waals surface area (Å²) in [4.78, 5) is 20.2. The summed E-state index contributed by atoms with van der Waals surface area (Å²) in [6.07, 6.45) is 4.28. The normalized spacial score (nSPS) is 11.7. The molecule has 1 aromatic carbocycles. The van der Waals surface area contributed by atoms with Crippen LogP contribution in [-0.2, 0) is 16.6 Å². The molecule has 0 aliphatic rings. The average molecular weight is 512 g/mol. The number of nitrogens with zero attached hydrogens (tertiary/aromatic N) is 3. The molecule has 0 radical (unpaired) electrons. The smallest absolute Gasteiger partial charge is 0.309 e. The fourth-order valence-corrected chi connectivity index (χ4v) is 5.21. The monoisotopic (exact) mass is 511 g/mol. The number of aromatic amines is 1. The number of H-pyrrole nitrogens is 1. The number of halogens is 1. The van der Waals surface area contributed by atoms with Gasteiger partial charge in [0.1, 0.15) is 5.69 Å². The van der Waals surface area contributed by atoms with Crippen LogP contribution in [0.15, 0.2) is 63.3 Å². The first-order valence-corrected chi connectivity index (χ1v) is 12.1. The molecule has 0 saturated carbocycles. The van der Waals surface area contributed by atoms with Gasteiger partial charge in [0.15, 0.2) is 5.16 Å². The number of rotatable bonds is 9. The molecule has 0 fully saturated rings. The third kappa shape index (κ3) is 5.34. The van der Waals surface area contributed by atoms with Crippen molar-refractivity contribution < 1.29 is 13.2 Å². The molecule has 0 aliphatic carbocycles. The molecule has 2 N–H and O–H groups in total. The summed E-state index contributed by atoms with van der Waals surface area (Å²) in [6.45, 7) is 0.407. The topological polar surface area (TPSA) is 100 Å². The minimum atomic E-state index is -3.74. The molecule has 160 valence electrons. The van der Waals surface area contributed by atoms with Gasteiger partial charge in [-0.3, -0.25) is 4.79 Å². The van der Waals surface area contributed by atoms with Crippen LogP contribution >= 0.6 is 27.7 Å². The van der Waals surface area contributed by atoms with Gasteiger partial charge in [0.05, 0.1) is 11.9 Å². The highest BCUT2D eigenvalue weighted by Gasteiger charge is 2.25. The molecule has 8 nitrogen and oxygen atoms in total. The van der Waals surface area contributed by atoms with Gasteiger partial charge in [0.25, 0.3) is 5.91 Å². The largest absolute Gasteiger partial charge is 0.356 e. The summed E-state index contributed by atoms with van der Waals surface area (Å²) in [5, 5.41) is 3.20. The van der Waals surface area contributed by atoms with E-state index in [-0.39, 0.29) is 5.91 Å². The second kappa shape index (κ2) is 9.82. The summed E-state index contributed by atoms with van der Waals surface area (Å²) >= 11 is 4.58. The lowest BCUT2D eigenvalue weighted by molar-refractivity contribution is 0.0949. The Hall–Kier alpha value is -2.08. The molecule has 0 aliphatic heterocycles. The van der Waals surface area contributed by atoms with Crippen molar-refractivity contribution in [1.82, 2.24) is 23.6 Å². The van der Waals surface area contributed by atoms with Crippen molar-refractivity contribution in [1.29, 1.82) is 0 Å². The first kappa shape index (κ1) is 22.6. The molecule has 0 spiro atoms. The van der Waals surface area contributed by atoms with Crippen molar-refractivity contribution in [2.45, 2.75) is 22.9 Å². The number of imidazole rings is 1. The van der Waals surface area contributed by atoms with Gasteiger partial charge in [-0.2, -0.15) is 12.7 Å². The highest BCUT2D eigenvalue weighted by Crippen LogP contribution is 2.29.